The van der Waals surface area contributed by atoms with Crippen molar-refractivity contribution in [3.63, 3.8) is 0 Å². The highest BCUT2D eigenvalue weighted by molar-refractivity contribution is 6.23. The van der Waals surface area contributed by atoms with Crippen LogP contribution in [0.2, 0.25) is 0 Å². The van der Waals surface area contributed by atoms with E-state index in [0.717, 1.165) is 36.4 Å². The van der Waals surface area contributed by atoms with Crippen molar-refractivity contribution < 1.29 is 200 Å². The molecule has 1 N–H and O–H groups in total. The summed E-state index contributed by atoms with van der Waals surface area (Å²) in [5, 5.41) is 8.56. The highest BCUT2D eigenvalue weighted by Gasteiger charge is 2.40. The van der Waals surface area contributed by atoms with Crippen molar-refractivity contribution in [3.8, 4) is 0 Å². The van der Waals surface area contributed by atoms with Crippen molar-refractivity contribution in [2.24, 2.45) is 0 Å². The van der Waals surface area contributed by atoms with Gasteiger partial charge in [0.2, 0.25) is 0 Å². The number of ether oxygens (including phenoxy) is 14. The zero-order valence-electron chi connectivity index (χ0n) is 69.0. The smallest absolute Gasteiger partial charge is 0.346 e. The summed E-state index contributed by atoms with van der Waals surface area (Å²) >= 11 is 0. The Bertz CT molecular complexity index is 7660. The molecular weight excluding hydrogens is 1860 g/mol. The van der Waals surface area contributed by atoms with Crippen LogP contribution in [0.1, 0.15) is 265 Å². The minimum absolute atomic E-state index is 0.00917. The summed E-state index contributed by atoms with van der Waals surface area (Å²) in [5.74, 6) is -20.8. The number of benzene rings is 10. The molecular formula is C94H40O46. The summed E-state index contributed by atoms with van der Waals surface area (Å²) in [5.41, 5.74) is -2.99. The summed E-state index contributed by atoms with van der Waals surface area (Å²) in [6.07, 6.45) is -1.45. The van der Waals surface area contributed by atoms with Gasteiger partial charge < -0.3 is 80.3 Å². The molecule has 0 radical (unpaired) electrons. The van der Waals surface area contributed by atoms with Crippen LogP contribution in [0.4, 0.5) is 0 Å². The molecule has 12 aromatic rings. The van der Waals surface area contributed by atoms with Crippen LogP contribution in [0.25, 0.3) is 21.5 Å². The fourth-order valence-electron chi connectivity index (χ4n) is 13.9. The van der Waals surface area contributed by atoms with Gasteiger partial charge in [-0.3, -0.25) is 4.79 Å². The van der Waals surface area contributed by atoms with Gasteiger partial charge in [-0.05, 0) is 158 Å². The van der Waals surface area contributed by atoms with Crippen LogP contribution in [-0.2, 0) is 66.3 Å². The number of furan rings is 2. The summed E-state index contributed by atoms with van der Waals surface area (Å²) in [6, 6.07) is 38.4. The number of cyclic esters (lactones) is 18. The zero-order chi connectivity index (χ0) is 100.0. The molecule has 46 nitrogen and oxygen atoms in total. The highest BCUT2D eigenvalue weighted by atomic mass is 16.6. The van der Waals surface area contributed by atoms with Crippen LogP contribution in [0.5, 0.6) is 0 Å². The van der Waals surface area contributed by atoms with Crippen molar-refractivity contribution in [2.45, 2.75) is 6.10 Å². The van der Waals surface area contributed by atoms with Gasteiger partial charge in [-0.2, -0.15) is 0 Å². The molecule has 46 heteroatoms. The van der Waals surface area contributed by atoms with E-state index >= 15 is 0 Å². The van der Waals surface area contributed by atoms with Crippen LogP contribution in [0, 0.1) is 0 Å². The van der Waals surface area contributed by atoms with Crippen molar-refractivity contribution in [1.82, 2.24) is 0 Å². The van der Waals surface area contributed by atoms with Gasteiger partial charge >= 0.3 is 166 Å². The molecule has 0 fully saturated rings. The third kappa shape index (κ3) is 18.2. The third-order valence-electron chi connectivity index (χ3n) is 20.7. The van der Waals surface area contributed by atoms with E-state index in [1.165, 1.54) is 121 Å². The fraction of sp³-hybridized carbons (Fsp3) is 0.0532. The molecule has 692 valence electrons. The average molecular weight is 1910 g/mol. The first-order valence-corrected chi connectivity index (χ1v) is 39.2. The lowest BCUT2D eigenvalue weighted by molar-refractivity contribution is -0.0253. The normalized spacial score (nSPS) is 14.0. The predicted molar refractivity (Wildman–Crippen MR) is 440 cm³/mol. The molecule has 0 bridgehead atoms. The monoisotopic (exact) mass is 1900 g/mol. The number of esters is 23. The summed E-state index contributed by atoms with van der Waals surface area (Å²) in [7, 11) is 0. The number of carbonyl (C=O) groups is 25. The Hall–Kier alpha value is -20.8. The Morgan fingerprint density at radius 2 is 0.400 bits per heavy atom. The Kier molecular flexibility index (Phi) is 24.5. The van der Waals surface area contributed by atoms with Gasteiger partial charge in [0.05, 0.1) is 155 Å². The van der Waals surface area contributed by atoms with Crippen LogP contribution in [-0.4, -0.2) is 187 Å². The molecule has 0 atom stereocenters. The molecule has 10 aromatic carbocycles. The second-order valence-corrected chi connectivity index (χ2v) is 29.1. The van der Waals surface area contributed by atoms with E-state index in [0.29, 0.717) is 11.1 Å². The molecule has 9 aliphatic rings. The van der Waals surface area contributed by atoms with Crippen LogP contribution < -0.4 is 22.5 Å². The van der Waals surface area contributed by atoms with Crippen LogP contribution in [0.3, 0.4) is 0 Å². The van der Waals surface area contributed by atoms with Crippen LogP contribution in [0.15, 0.2) is 210 Å². The van der Waals surface area contributed by atoms with E-state index in [1.807, 2.05) is 0 Å². The number of carboxylic acid groups (broad SMARTS) is 1. The van der Waals surface area contributed by atoms with Crippen molar-refractivity contribution in [1.29, 1.82) is 0 Å². The maximum Gasteiger partial charge on any atom is 0.346 e. The number of fused-ring (bicyclic) bond motifs is 11. The Morgan fingerprint density at radius 1 is 0.214 bits per heavy atom. The largest absolute Gasteiger partial charge is 0.478 e. The van der Waals surface area contributed by atoms with Gasteiger partial charge in [-0.15, -0.1) is 0 Å². The first kappa shape index (κ1) is 92.5. The summed E-state index contributed by atoms with van der Waals surface area (Å²) < 4.78 is 74.4. The lowest BCUT2D eigenvalue weighted by Gasteiger charge is -2.18. The minimum atomic E-state index is -1.45. The number of carboxylic acids is 1. The fourth-order valence-corrected chi connectivity index (χ4v) is 13.9. The number of ketones is 1. The second kappa shape index (κ2) is 37.1. The molecule has 140 heavy (non-hydrogen) atoms. The maximum absolute atomic E-state index is 13.0. The first-order valence-electron chi connectivity index (χ1n) is 39.2. The van der Waals surface area contributed by atoms with Gasteiger partial charge in [0.25, 0.3) is 0 Å². The van der Waals surface area contributed by atoms with E-state index in [1.54, 1.807) is 24.3 Å². The number of hydrogen-bond acceptors (Lipinski definition) is 45. The zero-order valence-corrected chi connectivity index (χ0v) is 69.0. The van der Waals surface area contributed by atoms with Gasteiger partial charge in [0.1, 0.15) is 26.4 Å². The minimum Gasteiger partial charge on any atom is -0.478 e. The van der Waals surface area contributed by atoms with Gasteiger partial charge in [0, 0.05) is 11.1 Å². The molecule has 0 saturated carbocycles. The molecule has 0 unspecified atom stereocenters. The molecule has 21 rings (SSSR count). The van der Waals surface area contributed by atoms with E-state index < -0.39 is 191 Å². The van der Waals surface area contributed by atoms with E-state index in [-0.39, 0.29) is 168 Å². The van der Waals surface area contributed by atoms with Crippen molar-refractivity contribution in [2.75, 3.05) is 26.4 Å². The summed E-state index contributed by atoms with van der Waals surface area (Å²) in [6.45, 7) is -1.93. The number of carbonyl (C=O) groups excluding carboxylic acids is 24. The molecule has 11 heterocycles. The van der Waals surface area contributed by atoms with E-state index in [9.17, 15) is 139 Å². The van der Waals surface area contributed by atoms with Crippen molar-refractivity contribution in [3.05, 3.63) is 368 Å². The lowest BCUT2D eigenvalue weighted by Crippen LogP contribution is -2.31. The standard InChI is InChI=1S/C30H14O15.C20H10O10.C17H6O7.C10H2O6.C9H4O5.C8H4O3/c31-22(12-1-4-16-19(7-12)28(37)43-25(16)34)40-10-15(42-24(33)14-3-6-18-21(9-14)30(39)45-27(18)36)11-41-23(32)13-2-5-17-20(8-13)29(38)44-26(17)35;21-15(9-1-3-11-13(7-9)19(25)29-17(11)23)27-5-6-28-16(22)10-2-4-12-14(8-10)20(26)30-18(12)24;18-13(7-1-3-9-11(5-7)16(21)23-14(9)19)8-2-4-10-12(6-8)17(22)24-15(10)20;11-7-3-1-4-6(10(14)16-8(4)12)2-5(3)9(13)15-7;10-7(11)4-1-2-5-6(3-4)9(13)14-8(5)12;9-7-5-3-1-2-4-6(5)8(10)11-7/h1-9,15H,10-11H2;1-4,7-8H,5-6H2;1-6H;1-2H;1-3H,(H,10,11);1-4H. The highest BCUT2D eigenvalue weighted by Crippen LogP contribution is 2.32. The lowest BCUT2D eigenvalue weighted by atomic mass is 9.96. The SMILES string of the molecule is O=C(O)c1ccc2c(c1)C(=O)OC2=O.O=C(OCC(COC(=O)c1ccc2c(c1)C(=O)OC2=O)OC(=O)c1ccc2c(c1)C(=O)OC2=O)c1ccc2c(c1)C(=O)OC2=O.O=C(OCCOC(=O)c1ccc2c(c1)C(=O)OC2=O)c1ccc2c(c1)C(=O)OC2=O.O=C(c1ccc2c(c1)C(=O)OC2=O)c1ccc2c(c1)C(=O)OC2=O.O=C1OC(=O)c2ccccc21.O=c1oc(=O)c2cc3c(=O)oc(=O)c3cc12. The van der Waals surface area contributed by atoms with E-state index in [2.05, 4.69) is 51.5 Å². The second-order valence-electron chi connectivity index (χ2n) is 29.1. The van der Waals surface area contributed by atoms with Gasteiger partial charge in [0.15, 0.2) is 11.9 Å². The average Bonchev–Trinajstić information content (AvgIpc) is 1.60. The Morgan fingerprint density at radius 3 is 0.636 bits per heavy atom. The van der Waals surface area contributed by atoms with Gasteiger partial charge in [-0.1, -0.05) is 24.3 Å². The number of aromatic carboxylic acids is 1. The quantitative estimate of drug-likeness (QED) is 0.0386. The maximum atomic E-state index is 13.0. The first-order chi connectivity index (χ1) is 66.7. The van der Waals surface area contributed by atoms with Crippen molar-refractivity contribution >= 4 is 171 Å². The third-order valence-corrected chi connectivity index (χ3v) is 20.7. The molecule has 9 aliphatic heterocycles. The molecule has 0 amide bonds. The van der Waals surface area contributed by atoms with Gasteiger partial charge in [-0.25, -0.2) is 134 Å². The van der Waals surface area contributed by atoms with E-state index in [4.69, 9.17) is 28.8 Å². The predicted octanol–water partition coefficient (Wildman–Crippen LogP) is 5.91. The summed E-state index contributed by atoms with van der Waals surface area (Å²) in [4.78, 5) is 337. The Balaban J connectivity index is 0.000000129. The molecule has 0 aliphatic carbocycles. The Labute approximate surface area is 768 Å². The van der Waals surface area contributed by atoms with Crippen LogP contribution >= 0.6 is 0 Å². The number of hydrogen-bond donors (Lipinski definition) is 1. The molecule has 0 saturated heterocycles. The molecule has 2 aromatic heterocycles. The molecule has 0 spiro atoms. The number of rotatable bonds is 16. The topological polar surface area (TPSA) is 671 Å².